The third kappa shape index (κ3) is 47.1. The smallest absolute Gasteiger partial charge is 0.309 e. The molecule has 0 aliphatic rings. The molecule has 23 nitrogen and oxygen atoms in total. The Bertz CT molecular complexity index is 1810. The molecule has 87 heavy (non-hydrogen) atoms. The summed E-state index contributed by atoms with van der Waals surface area (Å²) in [6.07, 6.45) is 10.9. The molecule has 0 saturated heterocycles. The van der Waals surface area contributed by atoms with Crippen molar-refractivity contribution in [2.75, 3.05) is 85.8 Å². The van der Waals surface area contributed by atoms with E-state index in [1.54, 1.807) is 26.0 Å². The monoisotopic (exact) mass is 1240 g/mol. The quantitative estimate of drug-likeness (QED) is 0.0197. The number of aliphatic hydroxyl groups excluding tert-OH is 3. The van der Waals surface area contributed by atoms with E-state index < -0.39 is 83.6 Å². The van der Waals surface area contributed by atoms with E-state index in [1.165, 1.54) is 0 Å². The van der Waals surface area contributed by atoms with Crippen molar-refractivity contribution in [3.05, 3.63) is 25.3 Å². The van der Waals surface area contributed by atoms with Gasteiger partial charge in [0.25, 0.3) is 0 Å². The van der Waals surface area contributed by atoms with Crippen LogP contribution in [0.2, 0.25) is 0 Å². The Hall–Kier alpha value is -5.62. The Morgan fingerprint density at radius 2 is 0.793 bits per heavy atom. The van der Waals surface area contributed by atoms with E-state index in [0.29, 0.717) is 122 Å². The molecule has 0 aromatic rings. The Labute approximate surface area is 516 Å². The van der Waals surface area contributed by atoms with Crippen LogP contribution in [0.5, 0.6) is 0 Å². The fourth-order valence-electron chi connectivity index (χ4n) is 8.96. The highest BCUT2D eigenvalue weighted by atomic mass is 16.6. The lowest BCUT2D eigenvalue weighted by molar-refractivity contribution is -0.151. The predicted molar refractivity (Wildman–Crippen MR) is 321 cm³/mol. The summed E-state index contributed by atoms with van der Waals surface area (Å²) in [5.74, 6) is -5.77. The maximum absolute atomic E-state index is 12.7. The van der Waals surface area contributed by atoms with Crippen LogP contribution in [0.3, 0.4) is 0 Å². The molecule has 0 rings (SSSR count). The van der Waals surface area contributed by atoms with Crippen LogP contribution in [-0.2, 0) is 90.6 Å². The molecule has 0 saturated carbocycles. The molecule has 0 fully saturated rings. The molecule has 0 spiro atoms. The van der Waals surface area contributed by atoms with E-state index in [2.05, 4.69) is 18.5 Å². The normalized spacial score (nSPS) is 13.1. The second-order valence-corrected chi connectivity index (χ2v) is 21.4. The Balaban J connectivity index is 4.37. The number of carbonyl (C=O) groups excluding carboxylic acids is 10. The van der Waals surface area contributed by atoms with Crippen LogP contribution in [0.25, 0.3) is 0 Å². The van der Waals surface area contributed by atoms with Crippen LogP contribution < -0.4 is 5.32 Å². The fraction of sp³-hybridized carbons (Fsp3) is 0.781. The van der Waals surface area contributed by atoms with Gasteiger partial charge in [0.15, 0.2) is 0 Å². The minimum absolute atomic E-state index is 0.00219. The number of hydrogen-bond donors (Lipinski definition) is 4. The minimum Gasteiger partial charge on any atom is -0.466 e. The number of ether oxygens (including phenoxy) is 9. The summed E-state index contributed by atoms with van der Waals surface area (Å²) in [5, 5.41) is 33.5. The van der Waals surface area contributed by atoms with E-state index in [9.17, 15) is 58.2 Å². The molecule has 0 heterocycles. The summed E-state index contributed by atoms with van der Waals surface area (Å²) in [6.45, 7) is 15.0. The van der Waals surface area contributed by atoms with Crippen molar-refractivity contribution in [3.63, 3.8) is 0 Å². The average molecular weight is 1240 g/mol. The van der Waals surface area contributed by atoms with Gasteiger partial charge in [-0.05, 0) is 149 Å². The van der Waals surface area contributed by atoms with Gasteiger partial charge in [-0.2, -0.15) is 0 Å². The fourth-order valence-corrected chi connectivity index (χ4v) is 8.96. The number of Topliss-reactive ketones (excluding diaryl/α,β-unsaturated/α-hetero) is 2. The van der Waals surface area contributed by atoms with Crippen LogP contribution >= 0.6 is 0 Å². The second kappa shape index (κ2) is 55.7. The molecule has 4 N–H and O–H groups in total. The highest BCUT2D eigenvalue weighted by Gasteiger charge is 2.26. The van der Waals surface area contributed by atoms with E-state index in [-0.39, 0.29) is 142 Å². The van der Waals surface area contributed by atoms with Crippen LogP contribution in [0, 0.1) is 23.7 Å². The molecule has 0 amide bonds. The highest BCUT2D eigenvalue weighted by molar-refractivity contribution is 5.83. The summed E-state index contributed by atoms with van der Waals surface area (Å²) < 4.78 is 48.1. The molecule has 23 heteroatoms. The Morgan fingerprint density at radius 3 is 1.22 bits per heavy atom. The van der Waals surface area contributed by atoms with Crippen LogP contribution in [-0.4, -0.2) is 173 Å². The van der Waals surface area contributed by atoms with Gasteiger partial charge in [0.2, 0.25) is 0 Å². The van der Waals surface area contributed by atoms with Crippen LogP contribution in [0.4, 0.5) is 0 Å². The van der Waals surface area contributed by atoms with Crippen molar-refractivity contribution in [2.24, 2.45) is 23.7 Å². The van der Waals surface area contributed by atoms with Gasteiger partial charge in [-0.25, -0.2) is 0 Å². The summed E-state index contributed by atoms with van der Waals surface area (Å²) in [5.41, 5.74) is 0. The van der Waals surface area contributed by atoms with Gasteiger partial charge in [0.05, 0.1) is 102 Å². The number of hydrogen-bond acceptors (Lipinski definition) is 23. The van der Waals surface area contributed by atoms with E-state index in [4.69, 9.17) is 47.7 Å². The zero-order valence-electron chi connectivity index (χ0n) is 52.6. The zero-order chi connectivity index (χ0) is 64.7. The van der Waals surface area contributed by atoms with Gasteiger partial charge in [0, 0.05) is 64.9 Å². The van der Waals surface area contributed by atoms with Gasteiger partial charge >= 0.3 is 47.8 Å². The molecular weight excluding hydrogens is 1130 g/mol. The van der Waals surface area contributed by atoms with Gasteiger partial charge in [-0.15, -0.1) is 13.2 Å². The number of nitrogens with one attached hydrogen (secondary N) is 1. The maximum atomic E-state index is 12.7. The lowest BCUT2D eigenvalue weighted by Gasteiger charge is -2.19. The topological polar surface area (TPSA) is 326 Å². The number of allylic oxidation sites excluding steroid dienone is 2. The van der Waals surface area contributed by atoms with E-state index in [1.807, 2.05) is 6.92 Å². The third-order valence-corrected chi connectivity index (χ3v) is 13.8. The number of aliphatic hydroxyl groups is 3. The number of rotatable bonds is 60. The van der Waals surface area contributed by atoms with Gasteiger partial charge < -0.3 is 63.3 Å². The lowest BCUT2D eigenvalue weighted by atomic mass is 9.95. The van der Waals surface area contributed by atoms with Crippen molar-refractivity contribution in [2.45, 2.75) is 213 Å². The first kappa shape index (κ1) is 81.4. The summed E-state index contributed by atoms with van der Waals surface area (Å²) in [6, 6.07) is 0. The molecule has 6 atom stereocenters. The molecule has 0 radical (unpaired) electrons. The number of esters is 8. The molecule has 0 bridgehead atoms. The summed E-state index contributed by atoms with van der Waals surface area (Å²) >= 11 is 0. The Kier molecular flexibility index (Phi) is 52.1. The lowest BCUT2D eigenvalue weighted by Crippen LogP contribution is -2.32. The molecule has 0 aromatic carbocycles. The van der Waals surface area contributed by atoms with Crippen LogP contribution in [0.1, 0.15) is 201 Å². The minimum atomic E-state index is -0.828. The van der Waals surface area contributed by atoms with Gasteiger partial charge in [0.1, 0.15) is 11.6 Å². The molecule has 0 aliphatic heterocycles. The standard InChI is InChI=1S/C64H107NO22/c1-6-21-49(24-17-41-84-59(73)32-30-53(67)23-8-3)61(75)86-40-15-12-29-58(72)83-44-20-27-52(64(78)81-10-5)47-56(70)48-65-36-13-16-38-79-45-35-55(69)46-51(63(77)80-9-4)26-19-43-82-57(71)28-11-14-39-87-62(76)50(22-7-2)25-18-42-85-60(74)33-31-54(68)34-37-66/h6-7,49-52,55-56,65-66,69-70H,1-2,8-48H2,3-5H3. The third-order valence-electron chi connectivity index (χ3n) is 13.8. The maximum Gasteiger partial charge on any atom is 0.309 e. The van der Waals surface area contributed by atoms with Gasteiger partial charge in [-0.1, -0.05) is 19.1 Å². The first-order valence-corrected chi connectivity index (χ1v) is 31.7. The van der Waals surface area contributed by atoms with E-state index >= 15 is 0 Å². The molecule has 6 unspecified atom stereocenters. The van der Waals surface area contributed by atoms with Crippen molar-refractivity contribution in [1.29, 1.82) is 0 Å². The first-order chi connectivity index (χ1) is 41.9. The van der Waals surface area contributed by atoms with Crippen LogP contribution in [0.15, 0.2) is 25.3 Å². The molecule has 500 valence electrons. The largest absolute Gasteiger partial charge is 0.466 e. The Morgan fingerprint density at radius 1 is 0.402 bits per heavy atom. The summed E-state index contributed by atoms with van der Waals surface area (Å²) in [7, 11) is 0. The molecule has 0 aromatic heterocycles. The highest BCUT2D eigenvalue weighted by Crippen LogP contribution is 2.21. The average Bonchev–Trinajstić information content (AvgIpc) is 3.53. The number of unbranched alkanes of at least 4 members (excludes halogenated alkanes) is 3. The summed E-state index contributed by atoms with van der Waals surface area (Å²) in [4.78, 5) is 122. The number of carbonyl (C=O) groups is 10. The van der Waals surface area contributed by atoms with Crippen molar-refractivity contribution < 1.29 is 106 Å². The van der Waals surface area contributed by atoms with Crippen molar-refractivity contribution in [3.8, 4) is 0 Å². The molecular formula is C64H107NO22. The van der Waals surface area contributed by atoms with Crippen molar-refractivity contribution >= 4 is 59.3 Å². The first-order valence-electron chi connectivity index (χ1n) is 31.7. The second-order valence-electron chi connectivity index (χ2n) is 21.4. The molecule has 0 aliphatic carbocycles. The van der Waals surface area contributed by atoms with Crippen molar-refractivity contribution in [1.82, 2.24) is 5.32 Å². The van der Waals surface area contributed by atoms with E-state index in [0.717, 1.165) is 12.8 Å². The zero-order valence-corrected chi connectivity index (χ0v) is 52.6. The SMILES string of the molecule is C=CCC(CCCOC(=O)CCC(=O)CCC)C(=O)OCCCCC(=O)OCCCC(CC(O)CNCCCCOCCC(O)CC(CCCOC(=O)CCCCOC(=O)C(CC=C)CCCOC(=O)CCC(=O)CCO)C(=O)OCC)C(=O)OCC. The van der Waals surface area contributed by atoms with Gasteiger partial charge in [-0.3, -0.25) is 47.9 Å². The predicted octanol–water partition coefficient (Wildman–Crippen LogP) is 7.61. The number of ketones is 2.